The van der Waals surface area contributed by atoms with Crippen molar-refractivity contribution in [2.45, 2.75) is 19.8 Å². The Labute approximate surface area is 102 Å². The van der Waals surface area contributed by atoms with Gasteiger partial charge in [-0.2, -0.15) is 0 Å². The van der Waals surface area contributed by atoms with E-state index in [1.165, 1.54) is 7.11 Å². The minimum absolute atomic E-state index is 0.136. The van der Waals surface area contributed by atoms with Crippen molar-refractivity contribution in [3.8, 4) is 11.5 Å². The van der Waals surface area contributed by atoms with Crippen LogP contribution in [0, 0.1) is 0 Å². The first-order chi connectivity index (χ1) is 8.51. The summed E-state index contributed by atoms with van der Waals surface area (Å²) in [6, 6.07) is 0. The molecule has 0 amide bonds. The number of carbonyl (C=O) groups is 1. The van der Waals surface area contributed by atoms with Crippen molar-refractivity contribution in [2.75, 3.05) is 13.7 Å². The molecule has 5 nitrogen and oxygen atoms in total. The van der Waals surface area contributed by atoms with Gasteiger partial charge >= 0.3 is 5.97 Å². The molecule has 0 fully saturated rings. The molecule has 1 heterocycles. The van der Waals surface area contributed by atoms with Crippen LogP contribution < -0.4 is 4.74 Å². The highest BCUT2D eigenvalue weighted by molar-refractivity contribution is 5.74. The number of ether oxygens (including phenoxy) is 2. The number of nitrogens with zero attached hydrogens (tertiary/aromatic N) is 1. The quantitative estimate of drug-likeness (QED) is 0.819. The lowest BCUT2D eigenvalue weighted by molar-refractivity contribution is -0.142. The number of halogens is 2. The summed E-state index contributed by atoms with van der Waals surface area (Å²) in [5.41, 5.74) is -0.761. The fourth-order valence-corrected chi connectivity index (χ4v) is 1.48. The van der Waals surface area contributed by atoms with Crippen LogP contribution in [0.25, 0.3) is 0 Å². The second-order valence-electron chi connectivity index (χ2n) is 3.32. The summed E-state index contributed by atoms with van der Waals surface area (Å²) in [7, 11) is 1.21. The Hall–Kier alpha value is -1.92. The predicted octanol–water partition coefficient (Wildman–Crippen LogP) is 1.84. The molecule has 0 unspecified atom stereocenters. The maximum atomic E-state index is 12.8. The van der Waals surface area contributed by atoms with E-state index in [2.05, 4.69) is 9.72 Å². The number of pyridine rings is 1. The average molecular weight is 261 g/mol. The largest absolute Gasteiger partial charge is 0.503 e. The summed E-state index contributed by atoms with van der Waals surface area (Å²) in [5, 5.41) is 9.46. The van der Waals surface area contributed by atoms with Gasteiger partial charge in [-0.1, -0.05) is 0 Å². The van der Waals surface area contributed by atoms with Gasteiger partial charge in [-0.3, -0.25) is 9.78 Å². The van der Waals surface area contributed by atoms with Crippen LogP contribution >= 0.6 is 0 Å². The Balaban J connectivity index is 3.19. The summed E-state index contributed by atoms with van der Waals surface area (Å²) >= 11 is 0. The molecule has 0 spiro atoms. The first-order valence-corrected chi connectivity index (χ1v) is 5.19. The van der Waals surface area contributed by atoms with Crippen LogP contribution in [0.4, 0.5) is 8.78 Å². The third kappa shape index (κ3) is 3.06. The molecule has 1 rings (SSSR count). The Kier molecular flexibility index (Phi) is 4.82. The molecule has 1 aromatic rings. The molecule has 0 saturated heterocycles. The second-order valence-corrected chi connectivity index (χ2v) is 3.32. The van der Waals surface area contributed by atoms with E-state index < -0.39 is 30.3 Å². The van der Waals surface area contributed by atoms with Crippen molar-refractivity contribution in [1.29, 1.82) is 0 Å². The number of aromatic nitrogens is 1. The van der Waals surface area contributed by atoms with Crippen LogP contribution in [0.1, 0.15) is 24.6 Å². The van der Waals surface area contributed by atoms with Crippen LogP contribution in [0.3, 0.4) is 0 Å². The Bertz CT molecular complexity index is 437. The van der Waals surface area contributed by atoms with Gasteiger partial charge in [0.05, 0.1) is 26.3 Å². The smallest absolute Gasteiger partial charge is 0.310 e. The minimum atomic E-state index is -2.87. The molecular weight excluding hydrogens is 248 g/mol. The summed E-state index contributed by atoms with van der Waals surface area (Å²) in [6.45, 7) is 1.74. The number of aromatic hydroxyl groups is 1. The van der Waals surface area contributed by atoms with E-state index in [4.69, 9.17) is 4.74 Å². The monoisotopic (exact) mass is 261 g/mol. The van der Waals surface area contributed by atoms with Gasteiger partial charge in [-0.05, 0) is 6.92 Å². The van der Waals surface area contributed by atoms with E-state index in [0.717, 1.165) is 6.20 Å². The van der Waals surface area contributed by atoms with Crippen LogP contribution in [0.15, 0.2) is 6.20 Å². The van der Waals surface area contributed by atoms with Crippen LogP contribution in [0.2, 0.25) is 0 Å². The van der Waals surface area contributed by atoms with Crippen LogP contribution in [-0.2, 0) is 16.0 Å². The van der Waals surface area contributed by atoms with Crippen LogP contribution in [0.5, 0.6) is 11.5 Å². The van der Waals surface area contributed by atoms with Crippen molar-refractivity contribution in [1.82, 2.24) is 4.98 Å². The van der Waals surface area contributed by atoms with Gasteiger partial charge in [0.1, 0.15) is 5.69 Å². The zero-order valence-electron chi connectivity index (χ0n) is 9.94. The maximum absolute atomic E-state index is 12.8. The molecule has 0 atom stereocenters. The molecule has 1 aromatic heterocycles. The highest BCUT2D eigenvalue weighted by atomic mass is 19.3. The number of esters is 1. The second kappa shape index (κ2) is 6.13. The standard InChI is InChI=1S/C11H13F2NO4/c1-3-18-8(16)4-6-9(11(12)13)14-5-7(15)10(6)17-2/h5,11,15H,3-4H2,1-2H3. The number of hydrogen-bond acceptors (Lipinski definition) is 5. The van der Waals surface area contributed by atoms with Gasteiger partial charge in [-0.15, -0.1) is 0 Å². The van der Waals surface area contributed by atoms with Gasteiger partial charge in [0, 0.05) is 5.56 Å². The molecule has 100 valence electrons. The SMILES string of the molecule is CCOC(=O)Cc1c(C(F)F)ncc(O)c1OC. The zero-order valence-corrected chi connectivity index (χ0v) is 9.94. The highest BCUT2D eigenvalue weighted by Crippen LogP contribution is 2.35. The third-order valence-electron chi connectivity index (χ3n) is 2.18. The first kappa shape index (κ1) is 14.1. The Morgan fingerprint density at radius 3 is 2.72 bits per heavy atom. The zero-order chi connectivity index (χ0) is 13.7. The van der Waals surface area contributed by atoms with Crippen molar-refractivity contribution < 1.29 is 28.2 Å². The number of hydrogen-bond donors (Lipinski definition) is 1. The fourth-order valence-electron chi connectivity index (χ4n) is 1.48. The average Bonchev–Trinajstić information content (AvgIpc) is 2.29. The minimum Gasteiger partial charge on any atom is -0.503 e. The van der Waals surface area contributed by atoms with Crippen molar-refractivity contribution in [2.24, 2.45) is 0 Å². The topological polar surface area (TPSA) is 68.7 Å². The molecule has 0 aliphatic rings. The number of methoxy groups -OCH3 is 1. The molecule has 0 aromatic carbocycles. The predicted molar refractivity (Wildman–Crippen MR) is 57.7 cm³/mol. The molecular formula is C11H13F2NO4. The van der Waals surface area contributed by atoms with E-state index in [9.17, 15) is 18.7 Å². The maximum Gasteiger partial charge on any atom is 0.310 e. The van der Waals surface area contributed by atoms with Gasteiger partial charge in [0.25, 0.3) is 6.43 Å². The van der Waals surface area contributed by atoms with E-state index in [1.807, 2.05) is 0 Å². The van der Waals surface area contributed by atoms with Crippen molar-refractivity contribution in [3.63, 3.8) is 0 Å². The summed E-state index contributed by atoms with van der Waals surface area (Å²) < 4.78 is 35.0. The molecule has 0 bridgehead atoms. The van der Waals surface area contributed by atoms with E-state index >= 15 is 0 Å². The van der Waals surface area contributed by atoms with Gasteiger partial charge in [-0.25, -0.2) is 8.78 Å². The van der Waals surface area contributed by atoms with E-state index in [1.54, 1.807) is 6.92 Å². The fraction of sp³-hybridized carbons (Fsp3) is 0.455. The number of carbonyl (C=O) groups excluding carboxylic acids is 1. The normalized spacial score (nSPS) is 10.5. The van der Waals surface area contributed by atoms with E-state index in [-0.39, 0.29) is 17.9 Å². The lowest BCUT2D eigenvalue weighted by atomic mass is 10.1. The highest BCUT2D eigenvalue weighted by Gasteiger charge is 2.23. The third-order valence-corrected chi connectivity index (χ3v) is 2.18. The summed E-state index contributed by atoms with van der Waals surface area (Å²) in [6.07, 6.45) is -2.45. The molecule has 0 aliphatic heterocycles. The Morgan fingerprint density at radius 2 is 2.22 bits per heavy atom. The van der Waals surface area contributed by atoms with Crippen LogP contribution in [-0.4, -0.2) is 29.8 Å². The van der Waals surface area contributed by atoms with Gasteiger partial charge in [0.15, 0.2) is 11.5 Å². The van der Waals surface area contributed by atoms with Gasteiger partial charge < -0.3 is 14.6 Å². The van der Waals surface area contributed by atoms with E-state index in [0.29, 0.717) is 0 Å². The lowest BCUT2D eigenvalue weighted by Crippen LogP contribution is -2.12. The molecule has 1 N–H and O–H groups in total. The Morgan fingerprint density at radius 1 is 1.56 bits per heavy atom. The molecule has 18 heavy (non-hydrogen) atoms. The molecule has 0 aliphatic carbocycles. The van der Waals surface area contributed by atoms with Crippen molar-refractivity contribution >= 4 is 5.97 Å². The lowest BCUT2D eigenvalue weighted by Gasteiger charge is -2.13. The van der Waals surface area contributed by atoms with Gasteiger partial charge in [0.2, 0.25) is 0 Å². The summed E-state index contributed by atoms with van der Waals surface area (Å²) in [4.78, 5) is 14.7. The number of alkyl halides is 2. The molecule has 0 radical (unpaired) electrons. The molecule has 0 saturated carbocycles. The number of rotatable bonds is 5. The van der Waals surface area contributed by atoms with Crippen molar-refractivity contribution in [3.05, 3.63) is 17.5 Å². The summed E-state index contributed by atoms with van der Waals surface area (Å²) in [5.74, 6) is -1.28. The molecule has 7 heteroatoms. The first-order valence-electron chi connectivity index (χ1n) is 5.19.